The lowest BCUT2D eigenvalue weighted by Crippen LogP contribution is -2.10. The predicted molar refractivity (Wildman–Crippen MR) is 86.5 cm³/mol. The number of hydrogen-bond acceptors (Lipinski definition) is 3. The van der Waals surface area contributed by atoms with Gasteiger partial charge in [0.1, 0.15) is 4.88 Å². The molecule has 2 aromatic carbocycles. The molecule has 0 atom stereocenters. The molecule has 0 unspecified atom stereocenters. The Morgan fingerprint density at radius 3 is 2.65 bits per heavy atom. The number of benzene rings is 2. The fourth-order valence-corrected chi connectivity index (χ4v) is 3.17. The molecule has 3 rings (SSSR count). The molecule has 0 bridgehead atoms. The van der Waals surface area contributed by atoms with Gasteiger partial charge in [-0.05, 0) is 24.4 Å². The molecule has 0 fully saturated rings. The molecule has 3 nitrogen and oxygen atoms in total. The summed E-state index contributed by atoms with van der Waals surface area (Å²) in [5, 5.41) is 5.92. The molecule has 100 valence electrons. The minimum absolute atomic E-state index is 0.122. The standard InChI is InChI=1S/C15H11BrN2OS/c1-9-17-8-14(20-9)15(19)18-13-7-6-12(16)10-4-2-3-5-11(10)13/h2-8H,1H3,(H,18,19). The van der Waals surface area contributed by atoms with Gasteiger partial charge < -0.3 is 5.32 Å². The van der Waals surface area contributed by atoms with Crippen LogP contribution in [-0.2, 0) is 0 Å². The van der Waals surface area contributed by atoms with E-state index >= 15 is 0 Å². The monoisotopic (exact) mass is 346 g/mol. The van der Waals surface area contributed by atoms with Crippen LogP contribution in [0.4, 0.5) is 5.69 Å². The van der Waals surface area contributed by atoms with Crippen molar-refractivity contribution < 1.29 is 4.79 Å². The van der Waals surface area contributed by atoms with E-state index in [1.165, 1.54) is 11.3 Å². The Bertz CT molecular complexity index is 797. The summed E-state index contributed by atoms with van der Waals surface area (Å²) in [6.07, 6.45) is 1.61. The van der Waals surface area contributed by atoms with Crippen LogP contribution < -0.4 is 5.32 Å². The van der Waals surface area contributed by atoms with Crippen LogP contribution in [0.15, 0.2) is 47.1 Å². The number of carbonyl (C=O) groups excluding carboxylic acids is 1. The second-order valence-corrected chi connectivity index (χ2v) is 6.43. The van der Waals surface area contributed by atoms with Gasteiger partial charge in [0, 0.05) is 15.5 Å². The molecule has 0 aliphatic rings. The van der Waals surface area contributed by atoms with Gasteiger partial charge >= 0.3 is 0 Å². The first-order chi connectivity index (χ1) is 9.65. The summed E-state index contributed by atoms with van der Waals surface area (Å²) in [5.74, 6) is -0.122. The number of nitrogens with zero attached hydrogens (tertiary/aromatic N) is 1. The lowest BCUT2D eigenvalue weighted by Gasteiger charge is -2.09. The number of anilines is 1. The van der Waals surface area contributed by atoms with E-state index in [0.717, 1.165) is 25.9 Å². The van der Waals surface area contributed by atoms with Crippen molar-refractivity contribution in [3.05, 3.63) is 57.0 Å². The van der Waals surface area contributed by atoms with Crippen LogP contribution in [0.2, 0.25) is 0 Å². The van der Waals surface area contributed by atoms with Crippen LogP contribution in [0.25, 0.3) is 10.8 Å². The van der Waals surface area contributed by atoms with Crippen molar-refractivity contribution >= 4 is 49.6 Å². The number of rotatable bonds is 2. The van der Waals surface area contributed by atoms with Crippen molar-refractivity contribution in [1.29, 1.82) is 0 Å². The predicted octanol–water partition coefficient (Wildman–Crippen LogP) is 4.62. The van der Waals surface area contributed by atoms with Crippen LogP contribution in [0.1, 0.15) is 14.7 Å². The molecule has 5 heteroatoms. The Morgan fingerprint density at radius 2 is 1.95 bits per heavy atom. The molecule has 1 aromatic heterocycles. The fourth-order valence-electron chi connectivity index (χ4n) is 2.02. The number of nitrogens with one attached hydrogen (secondary N) is 1. The Hall–Kier alpha value is -1.72. The van der Waals surface area contributed by atoms with Gasteiger partial charge in [-0.15, -0.1) is 11.3 Å². The molecular formula is C15H11BrN2OS. The molecule has 3 aromatic rings. The van der Waals surface area contributed by atoms with Gasteiger partial charge in [-0.25, -0.2) is 4.98 Å². The molecule has 20 heavy (non-hydrogen) atoms. The number of aromatic nitrogens is 1. The highest BCUT2D eigenvalue weighted by Gasteiger charge is 2.11. The molecular weight excluding hydrogens is 336 g/mol. The minimum atomic E-state index is -0.122. The van der Waals surface area contributed by atoms with Crippen molar-refractivity contribution in [2.45, 2.75) is 6.92 Å². The Morgan fingerprint density at radius 1 is 1.20 bits per heavy atom. The topological polar surface area (TPSA) is 42.0 Å². The molecule has 0 radical (unpaired) electrons. The van der Waals surface area contributed by atoms with E-state index < -0.39 is 0 Å². The van der Waals surface area contributed by atoms with Crippen molar-refractivity contribution in [3.63, 3.8) is 0 Å². The number of thiazole rings is 1. The van der Waals surface area contributed by atoms with E-state index in [-0.39, 0.29) is 5.91 Å². The first kappa shape index (κ1) is 13.3. The lowest BCUT2D eigenvalue weighted by atomic mass is 10.1. The summed E-state index contributed by atoms with van der Waals surface area (Å²) in [7, 11) is 0. The Balaban J connectivity index is 1.99. The number of amides is 1. The largest absolute Gasteiger partial charge is 0.321 e. The third-order valence-electron chi connectivity index (χ3n) is 2.96. The Kier molecular flexibility index (Phi) is 3.54. The molecule has 0 saturated carbocycles. The van der Waals surface area contributed by atoms with Gasteiger partial charge in [-0.2, -0.15) is 0 Å². The SMILES string of the molecule is Cc1ncc(C(=O)Nc2ccc(Br)c3ccccc23)s1. The van der Waals surface area contributed by atoms with E-state index in [9.17, 15) is 4.79 Å². The highest BCUT2D eigenvalue weighted by atomic mass is 79.9. The molecule has 1 N–H and O–H groups in total. The lowest BCUT2D eigenvalue weighted by molar-refractivity contribution is 0.103. The number of hydrogen-bond donors (Lipinski definition) is 1. The number of aryl methyl sites for hydroxylation is 1. The van der Waals surface area contributed by atoms with Crippen LogP contribution in [0, 0.1) is 6.92 Å². The molecule has 1 amide bonds. The molecule has 1 heterocycles. The number of fused-ring (bicyclic) bond motifs is 1. The zero-order valence-electron chi connectivity index (χ0n) is 10.7. The maximum absolute atomic E-state index is 12.2. The average Bonchev–Trinajstić information content (AvgIpc) is 2.89. The highest BCUT2D eigenvalue weighted by molar-refractivity contribution is 9.10. The maximum atomic E-state index is 12.2. The van der Waals surface area contributed by atoms with Crippen molar-refractivity contribution in [3.8, 4) is 0 Å². The second-order valence-electron chi connectivity index (χ2n) is 4.34. The van der Waals surface area contributed by atoms with Gasteiger partial charge in [0.15, 0.2) is 0 Å². The first-order valence-electron chi connectivity index (χ1n) is 6.06. The third-order valence-corrected chi connectivity index (χ3v) is 4.57. The smallest absolute Gasteiger partial charge is 0.267 e. The van der Waals surface area contributed by atoms with Crippen molar-refractivity contribution in [2.75, 3.05) is 5.32 Å². The molecule has 0 spiro atoms. The zero-order valence-corrected chi connectivity index (χ0v) is 13.1. The van der Waals surface area contributed by atoms with E-state index in [0.29, 0.717) is 4.88 Å². The summed E-state index contributed by atoms with van der Waals surface area (Å²) in [6, 6.07) is 11.8. The number of halogens is 1. The van der Waals surface area contributed by atoms with E-state index in [4.69, 9.17) is 0 Å². The molecule has 0 saturated heterocycles. The van der Waals surface area contributed by atoms with Crippen LogP contribution in [0.5, 0.6) is 0 Å². The quantitative estimate of drug-likeness (QED) is 0.735. The summed E-state index contributed by atoms with van der Waals surface area (Å²) >= 11 is 4.92. The fraction of sp³-hybridized carbons (Fsp3) is 0.0667. The van der Waals surface area contributed by atoms with Gasteiger partial charge in [0.25, 0.3) is 5.91 Å². The zero-order chi connectivity index (χ0) is 14.1. The average molecular weight is 347 g/mol. The van der Waals surface area contributed by atoms with Gasteiger partial charge in [-0.1, -0.05) is 40.2 Å². The molecule has 0 aliphatic heterocycles. The van der Waals surface area contributed by atoms with Crippen LogP contribution in [0.3, 0.4) is 0 Å². The third kappa shape index (κ3) is 2.46. The molecule has 0 aliphatic carbocycles. The van der Waals surface area contributed by atoms with Crippen LogP contribution >= 0.6 is 27.3 Å². The van der Waals surface area contributed by atoms with E-state index in [1.54, 1.807) is 6.20 Å². The van der Waals surface area contributed by atoms with Crippen molar-refractivity contribution in [1.82, 2.24) is 4.98 Å². The van der Waals surface area contributed by atoms with E-state index in [2.05, 4.69) is 26.2 Å². The highest BCUT2D eigenvalue weighted by Crippen LogP contribution is 2.30. The second kappa shape index (κ2) is 5.34. The van der Waals surface area contributed by atoms with Crippen LogP contribution in [-0.4, -0.2) is 10.9 Å². The Labute approximate surface area is 128 Å². The van der Waals surface area contributed by atoms with Gasteiger partial charge in [0.05, 0.1) is 11.2 Å². The normalized spacial score (nSPS) is 10.7. The summed E-state index contributed by atoms with van der Waals surface area (Å²) in [4.78, 5) is 16.9. The number of carbonyl (C=O) groups is 1. The summed E-state index contributed by atoms with van der Waals surface area (Å²) in [6.45, 7) is 1.89. The first-order valence-corrected chi connectivity index (χ1v) is 7.67. The summed E-state index contributed by atoms with van der Waals surface area (Å²) < 4.78 is 1.01. The summed E-state index contributed by atoms with van der Waals surface area (Å²) in [5.41, 5.74) is 0.805. The van der Waals surface area contributed by atoms with E-state index in [1.807, 2.05) is 43.3 Å². The van der Waals surface area contributed by atoms with Gasteiger partial charge in [0.2, 0.25) is 0 Å². The van der Waals surface area contributed by atoms with Gasteiger partial charge in [-0.3, -0.25) is 4.79 Å². The minimum Gasteiger partial charge on any atom is -0.321 e. The van der Waals surface area contributed by atoms with Crippen molar-refractivity contribution in [2.24, 2.45) is 0 Å². The maximum Gasteiger partial charge on any atom is 0.267 e.